The molecule has 0 spiro atoms. The van der Waals surface area contributed by atoms with Crippen LogP contribution in [0.5, 0.6) is 0 Å². The van der Waals surface area contributed by atoms with Crippen LogP contribution >= 0.6 is 0 Å². The van der Waals surface area contributed by atoms with E-state index >= 15 is 0 Å². The predicted molar refractivity (Wildman–Crippen MR) is 49.8 cm³/mol. The zero-order chi connectivity index (χ0) is 9.95. The highest BCUT2D eigenvalue weighted by Crippen LogP contribution is 2.23. The molecule has 0 atom stereocenters. The Labute approximate surface area is 78.8 Å². The standard InChI is InChI=1S/C7H16N2O3S/c1-13(10,11)12-7(6-8)2-4-9-5-3-7/h9H,2-6,8H2,1H3. The third-order valence-corrected chi connectivity index (χ3v) is 2.87. The van der Waals surface area contributed by atoms with Crippen molar-refractivity contribution in [1.29, 1.82) is 0 Å². The smallest absolute Gasteiger partial charge is 0.264 e. The average molecular weight is 208 g/mol. The lowest BCUT2D eigenvalue weighted by molar-refractivity contribution is 0.0535. The van der Waals surface area contributed by atoms with Crippen molar-refractivity contribution in [1.82, 2.24) is 5.32 Å². The highest BCUT2D eigenvalue weighted by atomic mass is 32.2. The van der Waals surface area contributed by atoms with Crippen LogP contribution in [-0.4, -0.2) is 39.9 Å². The minimum atomic E-state index is -3.40. The molecular formula is C7H16N2O3S. The highest BCUT2D eigenvalue weighted by molar-refractivity contribution is 7.86. The van der Waals surface area contributed by atoms with Gasteiger partial charge in [0.2, 0.25) is 0 Å². The molecule has 78 valence electrons. The summed E-state index contributed by atoms with van der Waals surface area (Å²) >= 11 is 0. The van der Waals surface area contributed by atoms with E-state index in [1.807, 2.05) is 0 Å². The first-order chi connectivity index (χ1) is 5.97. The van der Waals surface area contributed by atoms with Gasteiger partial charge in [-0.05, 0) is 25.9 Å². The molecule has 1 heterocycles. The fraction of sp³-hybridized carbons (Fsp3) is 1.00. The molecule has 1 aliphatic heterocycles. The van der Waals surface area contributed by atoms with Gasteiger partial charge in [0.1, 0.15) is 5.60 Å². The van der Waals surface area contributed by atoms with Crippen LogP contribution in [0.4, 0.5) is 0 Å². The maximum atomic E-state index is 11.0. The van der Waals surface area contributed by atoms with Gasteiger partial charge in [0.25, 0.3) is 10.1 Å². The van der Waals surface area contributed by atoms with Crippen LogP contribution in [0.15, 0.2) is 0 Å². The quantitative estimate of drug-likeness (QED) is 0.584. The summed E-state index contributed by atoms with van der Waals surface area (Å²) in [5.41, 5.74) is 4.86. The predicted octanol–water partition coefficient (Wildman–Crippen LogP) is -0.956. The first-order valence-electron chi connectivity index (χ1n) is 4.29. The van der Waals surface area contributed by atoms with Crippen LogP contribution < -0.4 is 11.1 Å². The molecule has 0 saturated carbocycles. The number of rotatable bonds is 3. The van der Waals surface area contributed by atoms with Gasteiger partial charge < -0.3 is 11.1 Å². The van der Waals surface area contributed by atoms with Gasteiger partial charge in [-0.2, -0.15) is 8.42 Å². The topological polar surface area (TPSA) is 81.4 Å². The summed E-state index contributed by atoms with van der Waals surface area (Å²) in [6.07, 6.45) is 2.36. The molecule has 0 bridgehead atoms. The second-order valence-corrected chi connectivity index (χ2v) is 5.00. The van der Waals surface area contributed by atoms with Crippen molar-refractivity contribution in [3.63, 3.8) is 0 Å². The maximum absolute atomic E-state index is 11.0. The number of hydrogen-bond acceptors (Lipinski definition) is 5. The van der Waals surface area contributed by atoms with Crippen molar-refractivity contribution in [3.05, 3.63) is 0 Å². The van der Waals surface area contributed by atoms with E-state index in [4.69, 9.17) is 9.92 Å². The lowest BCUT2D eigenvalue weighted by Crippen LogP contribution is -2.50. The lowest BCUT2D eigenvalue weighted by atomic mass is 9.93. The first-order valence-corrected chi connectivity index (χ1v) is 6.10. The summed E-state index contributed by atoms with van der Waals surface area (Å²) in [5, 5.41) is 3.13. The second-order valence-electron chi connectivity index (χ2n) is 3.42. The molecule has 0 aromatic carbocycles. The van der Waals surface area contributed by atoms with Gasteiger partial charge in [-0.3, -0.25) is 4.18 Å². The van der Waals surface area contributed by atoms with Gasteiger partial charge in [-0.25, -0.2) is 0 Å². The maximum Gasteiger partial charge on any atom is 0.264 e. The molecule has 1 rings (SSSR count). The van der Waals surface area contributed by atoms with E-state index in [0.29, 0.717) is 12.8 Å². The molecule has 3 N–H and O–H groups in total. The molecule has 1 fully saturated rings. The van der Waals surface area contributed by atoms with Gasteiger partial charge >= 0.3 is 0 Å². The molecule has 0 aromatic heterocycles. The fourth-order valence-electron chi connectivity index (χ4n) is 1.52. The average Bonchev–Trinajstić information content (AvgIpc) is 2.03. The largest absolute Gasteiger partial charge is 0.328 e. The molecule has 6 heteroatoms. The van der Waals surface area contributed by atoms with Gasteiger partial charge in [0, 0.05) is 6.54 Å². The molecule has 13 heavy (non-hydrogen) atoms. The Kier molecular flexibility index (Phi) is 3.28. The first kappa shape index (κ1) is 10.9. The Morgan fingerprint density at radius 1 is 1.46 bits per heavy atom. The van der Waals surface area contributed by atoms with E-state index < -0.39 is 15.7 Å². The molecule has 0 amide bonds. The van der Waals surface area contributed by atoms with Crippen LogP contribution in [0.3, 0.4) is 0 Å². The SMILES string of the molecule is CS(=O)(=O)OC1(CN)CCNCC1. The van der Waals surface area contributed by atoms with Crippen molar-refractivity contribution in [3.8, 4) is 0 Å². The summed E-state index contributed by atoms with van der Waals surface area (Å²) in [6, 6.07) is 0. The minimum absolute atomic E-state index is 0.252. The normalized spacial score (nSPS) is 22.9. The van der Waals surface area contributed by atoms with Crippen molar-refractivity contribution >= 4 is 10.1 Å². The Morgan fingerprint density at radius 2 is 2.00 bits per heavy atom. The summed E-state index contributed by atoms with van der Waals surface area (Å²) in [5.74, 6) is 0. The molecule has 1 aliphatic rings. The van der Waals surface area contributed by atoms with Crippen LogP contribution in [0.25, 0.3) is 0 Å². The molecule has 0 radical (unpaired) electrons. The van der Waals surface area contributed by atoms with E-state index in [1.165, 1.54) is 0 Å². The Hall–Kier alpha value is -0.170. The Morgan fingerprint density at radius 3 is 2.38 bits per heavy atom. The van der Waals surface area contributed by atoms with E-state index in [0.717, 1.165) is 19.3 Å². The third kappa shape index (κ3) is 3.22. The molecular weight excluding hydrogens is 192 g/mol. The highest BCUT2D eigenvalue weighted by Gasteiger charge is 2.35. The van der Waals surface area contributed by atoms with Crippen molar-refractivity contribution in [2.75, 3.05) is 25.9 Å². The van der Waals surface area contributed by atoms with Crippen LogP contribution in [0.2, 0.25) is 0 Å². The van der Waals surface area contributed by atoms with Gasteiger partial charge in [0.05, 0.1) is 6.26 Å². The lowest BCUT2D eigenvalue weighted by Gasteiger charge is -2.34. The number of nitrogens with one attached hydrogen (secondary N) is 1. The molecule has 0 aromatic rings. The second kappa shape index (κ2) is 3.91. The van der Waals surface area contributed by atoms with Crippen molar-refractivity contribution in [2.45, 2.75) is 18.4 Å². The molecule has 5 nitrogen and oxygen atoms in total. The van der Waals surface area contributed by atoms with Crippen molar-refractivity contribution in [2.24, 2.45) is 5.73 Å². The third-order valence-electron chi connectivity index (χ3n) is 2.21. The number of hydrogen-bond donors (Lipinski definition) is 2. The van der Waals surface area contributed by atoms with Gasteiger partial charge in [-0.15, -0.1) is 0 Å². The van der Waals surface area contributed by atoms with Crippen LogP contribution in [-0.2, 0) is 14.3 Å². The van der Waals surface area contributed by atoms with E-state index in [2.05, 4.69) is 5.32 Å². The summed E-state index contributed by atoms with van der Waals surface area (Å²) in [4.78, 5) is 0. The summed E-state index contributed by atoms with van der Waals surface area (Å²) in [6.45, 7) is 1.77. The number of piperidine rings is 1. The molecule has 0 unspecified atom stereocenters. The fourth-order valence-corrected chi connectivity index (χ4v) is 2.40. The molecule has 0 aliphatic carbocycles. The van der Waals surface area contributed by atoms with Gasteiger partial charge in [0.15, 0.2) is 0 Å². The zero-order valence-corrected chi connectivity index (χ0v) is 8.56. The Bertz CT molecular complexity index is 257. The van der Waals surface area contributed by atoms with Crippen LogP contribution in [0.1, 0.15) is 12.8 Å². The van der Waals surface area contributed by atoms with Crippen LogP contribution in [0, 0.1) is 0 Å². The number of nitrogens with two attached hydrogens (primary N) is 1. The van der Waals surface area contributed by atoms with E-state index in [9.17, 15) is 8.42 Å². The van der Waals surface area contributed by atoms with Gasteiger partial charge in [-0.1, -0.05) is 0 Å². The minimum Gasteiger partial charge on any atom is -0.328 e. The Balaban J connectivity index is 2.68. The zero-order valence-electron chi connectivity index (χ0n) is 7.75. The van der Waals surface area contributed by atoms with Crippen molar-refractivity contribution < 1.29 is 12.6 Å². The molecule has 1 saturated heterocycles. The van der Waals surface area contributed by atoms with E-state index in [-0.39, 0.29) is 6.54 Å². The van der Waals surface area contributed by atoms with E-state index in [1.54, 1.807) is 0 Å². The summed E-state index contributed by atoms with van der Waals surface area (Å²) in [7, 11) is -3.40. The monoisotopic (exact) mass is 208 g/mol. The summed E-state index contributed by atoms with van der Waals surface area (Å²) < 4.78 is 27.0.